The second kappa shape index (κ2) is 6.61. The van der Waals surface area contributed by atoms with Crippen molar-refractivity contribution in [3.63, 3.8) is 0 Å². The summed E-state index contributed by atoms with van der Waals surface area (Å²) >= 11 is 0. The zero-order valence-corrected chi connectivity index (χ0v) is 16.9. The third-order valence-electron chi connectivity index (χ3n) is 8.38. The van der Waals surface area contributed by atoms with Crippen molar-refractivity contribution >= 4 is 6.29 Å². The molecule has 0 bridgehead atoms. The number of fused-ring (bicyclic) bond motifs is 5. The highest BCUT2D eigenvalue weighted by Gasteiger charge is 2.61. The number of carbonyl (C=O) groups excluding carboxylic acids is 1. The van der Waals surface area contributed by atoms with Gasteiger partial charge in [0.15, 0.2) is 0 Å². The lowest BCUT2D eigenvalue weighted by Crippen LogP contribution is -2.50. The van der Waals surface area contributed by atoms with Crippen molar-refractivity contribution in [2.24, 2.45) is 23.2 Å². The molecule has 3 nitrogen and oxygen atoms in total. The van der Waals surface area contributed by atoms with E-state index in [1.807, 2.05) is 24.3 Å². The minimum absolute atomic E-state index is 0.190. The fourth-order valence-electron chi connectivity index (χ4n) is 6.72. The fourth-order valence-corrected chi connectivity index (χ4v) is 6.72. The molecule has 0 saturated heterocycles. The Hall–Kier alpha value is -2.31. The number of phenolic OH excluding ortho intramolecular Hbond substituents is 1. The first-order valence-corrected chi connectivity index (χ1v) is 10.9. The normalized spacial score (nSPS) is 39.6. The number of phenols is 1. The molecule has 1 aromatic rings. The Balaban J connectivity index is 1.44. The molecule has 0 radical (unpaired) electrons. The van der Waals surface area contributed by atoms with E-state index in [-0.39, 0.29) is 11.3 Å². The predicted molar refractivity (Wildman–Crippen MR) is 112 cm³/mol. The van der Waals surface area contributed by atoms with Crippen LogP contribution >= 0.6 is 0 Å². The summed E-state index contributed by atoms with van der Waals surface area (Å²) in [6.07, 6.45) is 12.3. The van der Waals surface area contributed by atoms with E-state index in [9.17, 15) is 15.0 Å². The Morgan fingerprint density at radius 1 is 1.21 bits per heavy atom. The Bertz CT molecular complexity index is 977. The van der Waals surface area contributed by atoms with E-state index >= 15 is 0 Å². The number of hydrogen-bond acceptors (Lipinski definition) is 3. The van der Waals surface area contributed by atoms with Crippen molar-refractivity contribution in [2.45, 2.75) is 57.0 Å². The topological polar surface area (TPSA) is 57.5 Å². The van der Waals surface area contributed by atoms with Crippen LogP contribution in [0.5, 0.6) is 5.75 Å². The standard InChI is InChI=1S/C26H28O3/c1-25-12-10-22-21-8-6-20(28)15-18(21)5-7-23(22)24(25)11-14-26(25,29)13-9-17-3-2-4-19(17)16-27/h2-4,6,8,15-17,22-24,28-29H,5,7,10-12,14H2,1H3/t17?,22-,23-,24+,25+,26+/m1/s1. The zero-order valence-electron chi connectivity index (χ0n) is 16.9. The molecule has 1 unspecified atom stereocenters. The van der Waals surface area contributed by atoms with Crippen LogP contribution in [-0.2, 0) is 11.2 Å². The Morgan fingerprint density at radius 3 is 2.90 bits per heavy atom. The number of rotatable bonds is 1. The van der Waals surface area contributed by atoms with E-state index in [2.05, 4.69) is 24.8 Å². The van der Waals surface area contributed by atoms with E-state index in [0.717, 1.165) is 38.4 Å². The van der Waals surface area contributed by atoms with Gasteiger partial charge in [-0.3, -0.25) is 4.79 Å². The van der Waals surface area contributed by atoms with Gasteiger partial charge in [-0.05, 0) is 79.5 Å². The van der Waals surface area contributed by atoms with Crippen molar-refractivity contribution in [3.05, 3.63) is 53.1 Å². The number of benzene rings is 1. The van der Waals surface area contributed by atoms with E-state index in [1.165, 1.54) is 11.1 Å². The van der Waals surface area contributed by atoms with Crippen LogP contribution in [0.1, 0.15) is 56.1 Å². The highest BCUT2D eigenvalue weighted by atomic mass is 16.3. The molecule has 0 spiro atoms. The highest BCUT2D eigenvalue weighted by Crippen LogP contribution is 2.64. The average molecular weight is 389 g/mol. The number of carbonyl (C=O) groups is 1. The molecule has 6 atom stereocenters. The summed E-state index contributed by atoms with van der Waals surface area (Å²) in [5.41, 5.74) is 2.19. The number of aromatic hydroxyl groups is 1. The van der Waals surface area contributed by atoms with Gasteiger partial charge in [0, 0.05) is 11.0 Å². The molecule has 0 amide bonds. The molecule has 2 N–H and O–H groups in total. The summed E-state index contributed by atoms with van der Waals surface area (Å²) < 4.78 is 0. The lowest BCUT2D eigenvalue weighted by Gasteiger charge is -2.52. The molecular formula is C26H28O3. The van der Waals surface area contributed by atoms with Gasteiger partial charge in [0.1, 0.15) is 17.6 Å². The monoisotopic (exact) mass is 388 g/mol. The van der Waals surface area contributed by atoms with E-state index in [4.69, 9.17) is 0 Å². The van der Waals surface area contributed by atoms with Crippen LogP contribution in [-0.4, -0.2) is 22.1 Å². The van der Waals surface area contributed by atoms with Gasteiger partial charge in [0.05, 0.1) is 5.92 Å². The molecule has 2 fully saturated rings. The predicted octanol–water partition coefficient (Wildman–Crippen LogP) is 4.29. The minimum atomic E-state index is -0.984. The third kappa shape index (κ3) is 2.73. The third-order valence-corrected chi connectivity index (χ3v) is 8.38. The Morgan fingerprint density at radius 2 is 2.07 bits per heavy atom. The second-order valence-electron chi connectivity index (χ2n) is 9.57. The van der Waals surface area contributed by atoms with Crippen molar-refractivity contribution in [3.8, 4) is 17.6 Å². The molecule has 2 saturated carbocycles. The molecule has 0 heterocycles. The highest BCUT2D eigenvalue weighted by molar-refractivity contribution is 5.78. The van der Waals surface area contributed by atoms with Crippen LogP contribution in [0.3, 0.4) is 0 Å². The molecule has 150 valence electrons. The summed E-state index contributed by atoms with van der Waals surface area (Å²) in [5.74, 6) is 8.17. The van der Waals surface area contributed by atoms with Gasteiger partial charge < -0.3 is 10.2 Å². The van der Waals surface area contributed by atoms with Crippen molar-refractivity contribution in [1.29, 1.82) is 0 Å². The first kappa shape index (κ1) is 18.7. The van der Waals surface area contributed by atoms with Crippen LogP contribution in [0.15, 0.2) is 42.0 Å². The molecule has 29 heavy (non-hydrogen) atoms. The molecule has 0 aromatic heterocycles. The van der Waals surface area contributed by atoms with Crippen LogP contribution in [0.2, 0.25) is 0 Å². The van der Waals surface area contributed by atoms with Gasteiger partial charge in [-0.15, -0.1) is 0 Å². The first-order chi connectivity index (χ1) is 13.9. The maximum absolute atomic E-state index is 11.6. The van der Waals surface area contributed by atoms with Gasteiger partial charge in [0.2, 0.25) is 0 Å². The van der Waals surface area contributed by atoms with Gasteiger partial charge >= 0.3 is 0 Å². The Labute approximate surface area is 172 Å². The van der Waals surface area contributed by atoms with Crippen LogP contribution in [0.4, 0.5) is 0 Å². The molecular weight excluding hydrogens is 360 g/mol. The lowest BCUT2D eigenvalue weighted by atomic mass is 9.53. The number of aryl methyl sites for hydroxylation is 1. The average Bonchev–Trinajstić information content (AvgIpc) is 3.28. The quantitative estimate of drug-likeness (QED) is 0.557. The van der Waals surface area contributed by atoms with E-state index in [1.54, 1.807) is 6.08 Å². The summed E-state index contributed by atoms with van der Waals surface area (Å²) in [7, 11) is 0. The molecule has 5 rings (SSSR count). The SMILES string of the molecule is C[C@]12CC[C@@H]3c4ccc(O)cc4CC[C@H]3[C@@H]1CC[C@@]2(O)C#CC1C=CC=C1C=O. The lowest BCUT2D eigenvalue weighted by molar-refractivity contribution is -0.105. The van der Waals surface area contributed by atoms with Crippen LogP contribution in [0.25, 0.3) is 0 Å². The number of allylic oxidation sites excluding steroid dienone is 4. The molecule has 4 aliphatic carbocycles. The molecule has 1 aromatic carbocycles. The molecule has 4 aliphatic rings. The smallest absolute Gasteiger partial charge is 0.147 e. The summed E-state index contributed by atoms with van der Waals surface area (Å²) in [6.45, 7) is 2.24. The zero-order chi connectivity index (χ0) is 20.2. The van der Waals surface area contributed by atoms with Gasteiger partial charge in [-0.2, -0.15) is 0 Å². The summed E-state index contributed by atoms with van der Waals surface area (Å²) in [5, 5.41) is 21.5. The summed E-state index contributed by atoms with van der Waals surface area (Å²) in [4.78, 5) is 11.2. The molecule has 0 aliphatic heterocycles. The van der Waals surface area contributed by atoms with Crippen molar-refractivity contribution in [1.82, 2.24) is 0 Å². The minimum Gasteiger partial charge on any atom is -0.508 e. The second-order valence-corrected chi connectivity index (χ2v) is 9.57. The van der Waals surface area contributed by atoms with Gasteiger partial charge in [-0.1, -0.05) is 43.1 Å². The largest absolute Gasteiger partial charge is 0.508 e. The summed E-state index contributed by atoms with van der Waals surface area (Å²) in [6, 6.07) is 5.87. The maximum atomic E-state index is 11.6. The number of aldehydes is 1. The maximum Gasteiger partial charge on any atom is 0.147 e. The number of aliphatic hydroxyl groups is 1. The van der Waals surface area contributed by atoms with Crippen LogP contribution in [0, 0.1) is 35.0 Å². The van der Waals surface area contributed by atoms with Crippen LogP contribution < -0.4 is 0 Å². The first-order valence-electron chi connectivity index (χ1n) is 10.9. The Kier molecular flexibility index (Phi) is 4.26. The van der Waals surface area contributed by atoms with Crippen molar-refractivity contribution in [2.75, 3.05) is 0 Å². The number of hydrogen-bond donors (Lipinski definition) is 2. The van der Waals surface area contributed by atoms with E-state index < -0.39 is 5.60 Å². The van der Waals surface area contributed by atoms with Gasteiger partial charge in [0.25, 0.3) is 0 Å². The van der Waals surface area contributed by atoms with E-state index in [0.29, 0.717) is 35.5 Å². The fraction of sp³-hybridized carbons (Fsp3) is 0.500. The van der Waals surface area contributed by atoms with Crippen molar-refractivity contribution < 1.29 is 15.0 Å². The molecule has 3 heteroatoms. The van der Waals surface area contributed by atoms with Gasteiger partial charge in [-0.25, -0.2) is 0 Å².